The fourth-order valence-electron chi connectivity index (χ4n) is 3.18. The lowest BCUT2D eigenvalue weighted by Crippen LogP contribution is -1.94. The van der Waals surface area contributed by atoms with Crippen molar-refractivity contribution in [1.29, 1.82) is 0 Å². The van der Waals surface area contributed by atoms with Crippen LogP contribution in [-0.2, 0) is 0 Å². The van der Waals surface area contributed by atoms with E-state index in [1.807, 2.05) is 41.0 Å². The Morgan fingerprint density at radius 3 is 2.12 bits per heavy atom. The molecule has 5 aromatic rings. The summed E-state index contributed by atoms with van der Waals surface area (Å²) in [6, 6.07) is 15.0. The Morgan fingerprint density at radius 2 is 1.38 bits per heavy atom. The van der Waals surface area contributed by atoms with E-state index in [-0.39, 0.29) is 5.75 Å². The van der Waals surface area contributed by atoms with E-state index in [1.165, 1.54) is 0 Å². The zero-order chi connectivity index (χ0) is 16.1. The van der Waals surface area contributed by atoms with Gasteiger partial charge >= 0.3 is 0 Å². The first-order valence-corrected chi connectivity index (χ1v) is 7.61. The van der Waals surface area contributed by atoms with Crippen molar-refractivity contribution >= 4 is 32.8 Å². The Kier molecular flexibility index (Phi) is 2.58. The third-order valence-corrected chi connectivity index (χ3v) is 4.25. The summed E-state index contributed by atoms with van der Waals surface area (Å²) in [5, 5.41) is 11.5. The van der Waals surface area contributed by atoms with Gasteiger partial charge in [0.2, 0.25) is 0 Å². The molecule has 3 heterocycles. The smallest absolute Gasteiger partial charge is 0.115 e. The van der Waals surface area contributed by atoms with Gasteiger partial charge in [-0.2, -0.15) is 0 Å². The average molecular weight is 312 g/mol. The van der Waals surface area contributed by atoms with Crippen LogP contribution in [0.25, 0.3) is 38.5 Å². The van der Waals surface area contributed by atoms with E-state index in [9.17, 15) is 5.11 Å². The third-order valence-electron chi connectivity index (χ3n) is 4.25. The standard InChI is InChI=1S/C19H12N4O/c24-13-7-5-12(6-8-13)23-11-22-18-14-3-1-9-20-16(14)17-15(19(18)23)4-2-10-21-17/h1-11,24H. The highest BCUT2D eigenvalue weighted by Crippen LogP contribution is 2.33. The minimum Gasteiger partial charge on any atom is -0.508 e. The van der Waals surface area contributed by atoms with Gasteiger partial charge in [0.15, 0.2) is 0 Å². The highest BCUT2D eigenvalue weighted by Gasteiger charge is 2.15. The van der Waals surface area contributed by atoms with Crippen molar-refractivity contribution in [3.8, 4) is 11.4 Å². The van der Waals surface area contributed by atoms with E-state index >= 15 is 0 Å². The quantitative estimate of drug-likeness (QED) is 0.478. The number of rotatable bonds is 1. The molecule has 3 aromatic heterocycles. The van der Waals surface area contributed by atoms with Crippen LogP contribution in [0.4, 0.5) is 0 Å². The lowest BCUT2D eigenvalue weighted by molar-refractivity contribution is 0.475. The lowest BCUT2D eigenvalue weighted by atomic mass is 10.1. The Hall–Kier alpha value is -3.47. The number of aromatic nitrogens is 4. The van der Waals surface area contributed by atoms with Gasteiger partial charge in [0.05, 0.1) is 22.1 Å². The van der Waals surface area contributed by atoms with Crippen molar-refractivity contribution in [2.45, 2.75) is 0 Å². The maximum atomic E-state index is 9.54. The second kappa shape index (κ2) is 4.76. The first kappa shape index (κ1) is 13.0. The van der Waals surface area contributed by atoms with Crippen molar-refractivity contribution < 1.29 is 5.11 Å². The molecule has 0 aliphatic heterocycles. The minimum absolute atomic E-state index is 0.240. The van der Waals surface area contributed by atoms with Crippen molar-refractivity contribution in [3.05, 3.63) is 67.3 Å². The number of imidazole rings is 1. The monoisotopic (exact) mass is 312 g/mol. The molecule has 24 heavy (non-hydrogen) atoms. The molecule has 5 rings (SSSR count). The summed E-state index contributed by atoms with van der Waals surface area (Å²) in [5.74, 6) is 0.240. The molecule has 0 radical (unpaired) electrons. The van der Waals surface area contributed by atoms with E-state index in [1.54, 1.807) is 30.9 Å². The van der Waals surface area contributed by atoms with Crippen molar-refractivity contribution in [2.75, 3.05) is 0 Å². The van der Waals surface area contributed by atoms with Crippen LogP contribution < -0.4 is 0 Å². The topological polar surface area (TPSA) is 63.8 Å². The zero-order valence-electron chi connectivity index (χ0n) is 12.6. The number of fused-ring (bicyclic) bond motifs is 6. The molecule has 0 bridgehead atoms. The maximum Gasteiger partial charge on any atom is 0.115 e. The van der Waals surface area contributed by atoms with Crippen molar-refractivity contribution in [2.24, 2.45) is 0 Å². The van der Waals surface area contributed by atoms with Crippen LogP contribution >= 0.6 is 0 Å². The van der Waals surface area contributed by atoms with Gasteiger partial charge in [0.25, 0.3) is 0 Å². The first-order valence-electron chi connectivity index (χ1n) is 7.61. The molecule has 0 amide bonds. The molecule has 2 aromatic carbocycles. The summed E-state index contributed by atoms with van der Waals surface area (Å²) in [7, 11) is 0. The zero-order valence-corrected chi connectivity index (χ0v) is 12.6. The number of nitrogens with zero attached hydrogens (tertiary/aromatic N) is 4. The molecule has 1 N–H and O–H groups in total. The maximum absolute atomic E-state index is 9.54. The molecule has 0 spiro atoms. The number of aromatic hydroxyl groups is 1. The highest BCUT2D eigenvalue weighted by atomic mass is 16.3. The second-order valence-corrected chi connectivity index (χ2v) is 5.63. The summed E-state index contributed by atoms with van der Waals surface area (Å²) in [6.07, 6.45) is 5.36. The fraction of sp³-hybridized carbons (Fsp3) is 0. The number of pyridine rings is 2. The number of hydrogen-bond acceptors (Lipinski definition) is 4. The van der Waals surface area contributed by atoms with Gasteiger partial charge < -0.3 is 5.11 Å². The number of phenols is 1. The lowest BCUT2D eigenvalue weighted by Gasteiger charge is -2.09. The van der Waals surface area contributed by atoms with Gasteiger partial charge in [-0.3, -0.25) is 14.5 Å². The Balaban J connectivity index is 2.00. The van der Waals surface area contributed by atoms with Crippen LogP contribution in [-0.4, -0.2) is 24.6 Å². The van der Waals surface area contributed by atoms with Crippen LogP contribution in [0.3, 0.4) is 0 Å². The normalized spacial score (nSPS) is 11.5. The van der Waals surface area contributed by atoms with Gasteiger partial charge in [-0.25, -0.2) is 4.98 Å². The Morgan fingerprint density at radius 1 is 0.708 bits per heavy atom. The van der Waals surface area contributed by atoms with Crippen molar-refractivity contribution in [3.63, 3.8) is 0 Å². The van der Waals surface area contributed by atoms with E-state index in [2.05, 4.69) is 15.0 Å². The molecule has 0 atom stereocenters. The summed E-state index contributed by atoms with van der Waals surface area (Å²) >= 11 is 0. The summed E-state index contributed by atoms with van der Waals surface area (Å²) < 4.78 is 2.02. The fourth-order valence-corrected chi connectivity index (χ4v) is 3.18. The first-order chi connectivity index (χ1) is 11.8. The summed E-state index contributed by atoms with van der Waals surface area (Å²) in [5.41, 5.74) is 4.54. The van der Waals surface area contributed by atoms with Crippen LogP contribution in [0.5, 0.6) is 5.75 Å². The molecule has 0 saturated heterocycles. The van der Waals surface area contributed by atoms with Crippen LogP contribution in [0.2, 0.25) is 0 Å². The Labute approximate surface area is 136 Å². The van der Waals surface area contributed by atoms with E-state index in [4.69, 9.17) is 0 Å². The van der Waals surface area contributed by atoms with Gasteiger partial charge in [-0.1, -0.05) is 0 Å². The van der Waals surface area contributed by atoms with Crippen LogP contribution in [0.15, 0.2) is 67.3 Å². The van der Waals surface area contributed by atoms with E-state index in [0.717, 1.165) is 38.5 Å². The van der Waals surface area contributed by atoms with E-state index in [0.29, 0.717) is 0 Å². The highest BCUT2D eigenvalue weighted by molar-refractivity contribution is 6.20. The minimum atomic E-state index is 0.240. The number of benzene rings is 2. The predicted octanol–water partition coefficient (Wildman–Crippen LogP) is 3.83. The molecule has 5 nitrogen and oxygen atoms in total. The average Bonchev–Trinajstić information content (AvgIpc) is 3.08. The van der Waals surface area contributed by atoms with Crippen LogP contribution in [0, 0.1) is 0 Å². The largest absolute Gasteiger partial charge is 0.508 e. The van der Waals surface area contributed by atoms with Crippen molar-refractivity contribution in [1.82, 2.24) is 19.5 Å². The predicted molar refractivity (Wildman–Crippen MR) is 93.3 cm³/mol. The molecule has 0 aliphatic rings. The molecular weight excluding hydrogens is 300 g/mol. The third kappa shape index (κ3) is 1.72. The second-order valence-electron chi connectivity index (χ2n) is 5.63. The van der Waals surface area contributed by atoms with Crippen LogP contribution in [0.1, 0.15) is 0 Å². The Bertz CT molecular complexity index is 1210. The van der Waals surface area contributed by atoms with Gasteiger partial charge in [-0.15, -0.1) is 0 Å². The van der Waals surface area contributed by atoms with Gasteiger partial charge in [0.1, 0.15) is 12.1 Å². The molecule has 0 fully saturated rings. The summed E-state index contributed by atoms with van der Waals surface area (Å²) in [4.78, 5) is 13.7. The summed E-state index contributed by atoms with van der Waals surface area (Å²) in [6.45, 7) is 0. The number of phenolic OH excluding ortho intramolecular Hbond substituents is 1. The van der Waals surface area contributed by atoms with Gasteiger partial charge in [0, 0.05) is 28.9 Å². The molecular formula is C19H12N4O. The molecule has 0 unspecified atom stereocenters. The van der Waals surface area contributed by atoms with E-state index < -0.39 is 0 Å². The molecule has 0 aliphatic carbocycles. The molecule has 114 valence electrons. The SMILES string of the molecule is Oc1ccc(-n2cnc3c4cccnc4c4ncccc4c32)cc1. The van der Waals surface area contributed by atoms with Gasteiger partial charge in [-0.05, 0) is 48.5 Å². The molecule has 0 saturated carbocycles. The molecule has 5 heteroatoms. The number of hydrogen-bond donors (Lipinski definition) is 1.